The van der Waals surface area contributed by atoms with Gasteiger partial charge in [0.15, 0.2) is 0 Å². The molecule has 2 aromatic carbocycles. The molecule has 2 aromatic rings. The Morgan fingerprint density at radius 3 is 2.16 bits per heavy atom. The topological polar surface area (TPSA) is 35.2 Å². The molecule has 2 N–H and O–H groups in total. The maximum Gasteiger partial charge on any atom is 0.130 e. The summed E-state index contributed by atoms with van der Waals surface area (Å²) in [6, 6.07) is 18.3. The number of para-hydroxylation sites is 2. The van der Waals surface area contributed by atoms with Gasteiger partial charge in [-0.2, -0.15) is 0 Å². The molecule has 2 unspecified atom stereocenters. The van der Waals surface area contributed by atoms with Crippen molar-refractivity contribution in [3.63, 3.8) is 0 Å². The van der Waals surface area contributed by atoms with Crippen molar-refractivity contribution in [2.75, 3.05) is 0 Å². The van der Waals surface area contributed by atoms with E-state index in [4.69, 9.17) is 10.5 Å². The first-order valence-corrected chi connectivity index (χ1v) is 6.68. The first-order valence-electron chi connectivity index (χ1n) is 6.68. The molecular weight excluding hydrogens is 234 g/mol. The smallest absolute Gasteiger partial charge is 0.130 e. The number of benzene rings is 2. The van der Waals surface area contributed by atoms with Crippen molar-refractivity contribution < 1.29 is 4.74 Å². The molecule has 0 bridgehead atoms. The fourth-order valence-corrected chi connectivity index (χ4v) is 2.72. The Kier molecular flexibility index (Phi) is 2.83. The molecule has 3 rings (SSSR count). The van der Waals surface area contributed by atoms with E-state index in [1.807, 2.05) is 48.5 Å². The molecule has 0 aromatic heterocycles. The van der Waals surface area contributed by atoms with Crippen molar-refractivity contribution >= 4 is 0 Å². The largest absolute Gasteiger partial charge is 0.457 e. The third-order valence-electron chi connectivity index (χ3n) is 4.14. The van der Waals surface area contributed by atoms with Gasteiger partial charge in [-0.15, -0.1) is 0 Å². The quantitative estimate of drug-likeness (QED) is 0.899. The zero-order valence-electron chi connectivity index (χ0n) is 11.3. The van der Waals surface area contributed by atoms with Gasteiger partial charge in [0.2, 0.25) is 0 Å². The predicted molar refractivity (Wildman–Crippen MR) is 77.5 cm³/mol. The van der Waals surface area contributed by atoms with Crippen LogP contribution in [0.3, 0.4) is 0 Å². The number of hydrogen-bond acceptors (Lipinski definition) is 2. The van der Waals surface area contributed by atoms with E-state index in [2.05, 4.69) is 19.9 Å². The normalized spacial score (nSPS) is 23.9. The Labute approximate surface area is 114 Å². The maximum absolute atomic E-state index is 6.18. The van der Waals surface area contributed by atoms with Gasteiger partial charge < -0.3 is 10.5 Å². The number of rotatable bonds is 3. The first kappa shape index (κ1) is 12.2. The Hall–Kier alpha value is -1.80. The fraction of sp³-hybridized carbons (Fsp3) is 0.294. The highest BCUT2D eigenvalue weighted by Crippen LogP contribution is 2.59. The van der Waals surface area contributed by atoms with Gasteiger partial charge >= 0.3 is 0 Å². The van der Waals surface area contributed by atoms with Gasteiger partial charge in [-0.1, -0.05) is 50.2 Å². The molecule has 0 spiro atoms. The summed E-state index contributed by atoms with van der Waals surface area (Å²) in [5, 5.41) is 0. The van der Waals surface area contributed by atoms with Gasteiger partial charge in [0.25, 0.3) is 0 Å². The minimum atomic E-state index is 0.163. The Morgan fingerprint density at radius 1 is 0.947 bits per heavy atom. The molecule has 0 radical (unpaired) electrons. The van der Waals surface area contributed by atoms with Crippen molar-refractivity contribution in [3.05, 3.63) is 60.2 Å². The summed E-state index contributed by atoms with van der Waals surface area (Å²) in [6.45, 7) is 4.42. The second-order valence-electron chi connectivity index (χ2n) is 5.78. The molecule has 0 aliphatic heterocycles. The molecule has 1 aliphatic carbocycles. The van der Waals surface area contributed by atoms with Crippen LogP contribution in [0.1, 0.15) is 25.3 Å². The molecule has 0 amide bonds. The molecule has 1 aliphatic rings. The molecule has 0 saturated heterocycles. The van der Waals surface area contributed by atoms with Crippen molar-refractivity contribution in [2.24, 2.45) is 11.1 Å². The van der Waals surface area contributed by atoms with Crippen LogP contribution in [0.25, 0.3) is 0 Å². The fourth-order valence-electron chi connectivity index (χ4n) is 2.72. The monoisotopic (exact) mass is 253 g/mol. The minimum absolute atomic E-state index is 0.163. The average molecular weight is 253 g/mol. The lowest BCUT2D eigenvalue weighted by Gasteiger charge is -2.12. The van der Waals surface area contributed by atoms with Crippen LogP contribution < -0.4 is 10.5 Å². The summed E-state index contributed by atoms with van der Waals surface area (Å²) in [4.78, 5) is 0. The van der Waals surface area contributed by atoms with Crippen LogP contribution in [0.15, 0.2) is 54.6 Å². The van der Waals surface area contributed by atoms with E-state index in [1.54, 1.807) is 0 Å². The van der Waals surface area contributed by atoms with Gasteiger partial charge in [-0.25, -0.2) is 0 Å². The van der Waals surface area contributed by atoms with Crippen molar-refractivity contribution in [3.8, 4) is 11.5 Å². The van der Waals surface area contributed by atoms with Gasteiger partial charge in [0.1, 0.15) is 11.5 Å². The van der Waals surface area contributed by atoms with E-state index in [0.717, 1.165) is 11.5 Å². The molecule has 19 heavy (non-hydrogen) atoms. The van der Waals surface area contributed by atoms with Crippen LogP contribution in [0.4, 0.5) is 0 Å². The van der Waals surface area contributed by atoms with E-state index in [1.165, 1.54) is 5.56 Å². The van der Waals surface area contributed by atoms with E-state index < -0.39 is 0 Å². The standard InChI is InChI=1S/C17H19NO/c1-17(2)15(16(17)18)13-10-6-7-11-14(13)19-12-8-4-3-5-9-12/h3-11,15-16H,18H2,1-2H3. The van der Waals surface area contributed by atoms with Crippen molar-refractivity contribution in [1.29, 1.82) is 0 Å². The van der Waals surface area contributed by atoms with E-state index >= 15 is 0 Å². The first-order chi connectivity index (χ1) is 9.10. The minimum Gasteiger partial charge on any atom is -0.457 e. The third kappa shape index (κ3) is 2.13. The molecule has 2 nitrogen and oxygen atoms in total. The molecule has 0 heterocycles. The molecule has 98 valence electrons. The summed E-state index contributed by atoms with van der Waals surface area (Å²) in [7, 11) is 0. The van der Waals surface area contributed by atoms with E-state index in [0.29, 0.717) is 5.92 Å². The average Bonchev–Trinajstić information content (AvgIpc) is 2.90. The van der Waals surface area contributed by atoms with Crippen LogP contribution in [0, 0.1) is 5.41 Å². The Balaban J connectivity index is 1.91. The zero-order valence-corrected chi connectivity index (χ0v) is 11.3. The third-order valence-corrected chi connectivity index (χ3v) is 4.14. The van der Waals surface area contributed by atoms with Gasteiger partial charge in [0, 0.05) is 17.5 Å². The highest BCUT2D eigenvalue weighted by molar-refractivity contribution is 5.46. The molecular formula is C17H19NO. The second kappa shape index (κ2) is 4.39. The summed E-state index contributed by atoms with van der Waals surface area (Å²) in [5.74, 6) is 2.16. The van der Waals surface area contributed by atoms with Crippen LogP contribution in [0.5, 0.6) is 11.5 Å². The zero-order chi connectivity index (χ0) is 13.5. The lowest BCUT2D eigenvalue weighted by molar-refractivity contribution is 0.472. The Bertz CT molecular complexity index is 577. The summed E-state index contributed by atoms with van der Waals surface area (Å²) < 4.78 is 6.00. The van der Waals surface area contributed by atoms with Crippen LogP contribution in [-0.2, 0) is 0 Å². The molecule has 2 atom stereocenters. The van der Waals surface area contributed by atoms with Gasteiger partial charge in [0.05, 0.1) is 0 Å². The number of ether oxygens (including phenoxy) is 1. The van der Waals surface area contributed by atoms with Gasteiger partial charge in [-0.05, 0) is 23.6 Å². The summed E-state index contributed by atoms with van der Waals surface area (Å²) >= 11 is 0. The molecule has 1 saturated carbocycles. The number of nitrogens with two attached hydrogens (primary N) is 1. The van der Waals surface area contributed by atoms with Crippen LogP contribution in [0.2, 0.25) is 0 Å². The number of hydrogen-bond donors (Lipinski definition) is 1. The maximum atomic E-state index is 6.18. The lowest BCUT2D eigenvalue weighted by atomic mass is 10.0. The summed E-state index contributed by atoms with van der Waals surface area (Å²) in [6.07, 6.45) is 0. The van der Waals surface area contributed by atoms with Gasteiger partial charge in [-0.3, -0.25) is 0 Å². The van der Waals surface area contributed by atoms with E-state index in [-0.39, 0.29) is 11.5 Å². The highest BCUT2D eigenvalue weighted by Gasteiger charge is 2.57. The summed E-state index contributed by atoms with van der Waals surface area (Å²) in [5.41, 5.74) is 7.56. The van der Waals surface area contributed by atoms with Crippen LogP contribution in [-0.4, -0.2) is 6.04 Å². The molecule has 1 fully saturated rings. The van der Waals surface area contributed by atoms with Crippen molar-refractivity contribution in [1.82, 2.24) is 0 Å². The van der Waals surface area contributed by atoms with E-state index in [9.17, 15) is 0 Å². The molecule has 2 heteroatoms. The predicted octanol–water partition coefficient (Wildman–Crippen LogP) is 3.93. The SMILES string of the molecule is CC1(C)C(N)C1c1ccccc1Oc1ccccc1. The second-order valence-corrected chi connectivity index (χ2v) is 5.78. The Morgan fingerprint density at radius 2 is 1.53 bits per heavy atom. The highest BCUT2D eigenvalue weighted by atomic mass is 16.5. The lowest BCUT2D eigenvalue weighted by Crippen LogP contribution is -2.06. The van der Waals surface area contributed by atoms with Crippen LogP contribution >= 0.6 is 0 Å². The van der Waals surface area contributed by atoms with Crippen molar-refractivity contribution in [2.45, 2.75) is 25.8 Å².